The van der Waals surface area contributed by atoms with Crippen LogP contribution in [0.15, 0.2) is 28.7 Å². The van der Waals surface area contributed by atoms with Crippen LogP contribution in [-0.2, 0) is 16.0 Å². The molecule has 5 nitrogen and oxygen atoms in total. The molecule has 0 saturated heterocycles. The fraction of sp³-hybridized carbons (Fsp3) is 0.267. The number of nitrogens with zero attached hydrogens (tertiary/aromatic N) is 2. The summed E-state index contributed by atoms with van der Waals surface area (Å²) in [7, 11) is 0. The second-order valence-electron chi connectivity index (χ2n) is 4.47. The SMILES string of the molecule is CCOC(=O)Cc1csc(NN=Cc2cccc(C)c2F)n1. The van der Waals surface area contributed by atoms with Crippen LogP contribution in [0.25, 0.3) is 0 Å². The Hall–Kier alpha value is -2.28. The first-order chi connectivity index (χ1) is 10.6. The minimum Gasteiger partial charge on any atom is -0.466 e. The highest BCUT2D eigenvalue weighted by Gasteiger charge is 2.08. The molecule has 2 rings (SSSR count). The maximum absolute atomic E-state index is 13.8. The van der Waals surface area contributed by atoms with Crippen LogP contribution in [0.3, 0.4) is 0 Å². The number of hydrogen-bond acceptors (Lipinski definition) is 6. The van der Waals surface area contributed by atoms with E-state index in [2.05, 4.69) is 15.5 Å². The Morgan fingerprint density at radius 3 is 3.14 bits per heavy atom. The highest BCUT2D eigenvalue weighted by atomic mass is 32.1. The van der Waals surface area contributed by atoms with E-state index < -0.39 is 0 Å². The molecule has 1 N–H and O–H groups in total. The number of aromatic nitrogens is 1. The predicted molar refractivity (Wildman–Crippen MR) is 84.8 cm³/mol. The number of hydrogen-bond donors (Lipinski definition) is 1. The van der Waals surface area contributed by atoms with E-state index in [1.165, 1.54) is 17.6 Å². The van der Waals surface area contributed by atoms with Gasteiger partial charge in [0.2, 0.25) is 5.13 Å². The van der Waals surface area contributed by atoms with E-state index in [0.29, 0.717) is 28.6 Å². The molecule has 2 aromatic rings. The van der Waals surface area contributed by atoms with E-state index in [1.54, 1.807) is 37.4 Å². The molecule has 0 aliphatic heterocycles. The summed E-state index contributed by atoms with van der Waals surface area (Å²) in [6, 6.07) is 5.10. The number of thiazole rings is 1. The molecule has 0 radical (unpaired) electrons. The zero-order valence-corrected chi connectivity index (χ0v) is 13.1. The van der Waals surface area contributed by atoms with Gasteiger partial charge in [0.25, 0.3) is 0 Å². The zero-order valence-electron chi connectivity index (χ0n) is 12.3. The Balaban J connectivity index is 1.94. The molecule has 0 saturated carbocycles. The maximum Gasteiger partial charge on any atom is 0.311 e. The highest BCUT2D eigenvalue weighted by Crippen LogP contribution is 2.16. The van der Waals surface area contributed by atoms with Crippen molar-refractivity contribution in [1.82, 2.24) is 4.98 Å². The number of halogens is 1. The number of anilines is 1. The monoisotopic (exact) mass is 321 g/mol. The first-order valence-corrected chi connectivity index (χ1v) is 7.62. The Bertz CT molecular complexity index is 685. The predicted octanol–water partition coefficient (Wildman–Crippen LogP) is 3.14. The second kappa shape index (κ2) is 7.65. The molecule has 0 aliphatic rings. The van der Waals surface area contributed by atoms with Gasteiger partial charge in [0.1, 0.15) is 5.82 Å². The van der Waals surface area contributed by atoms with Gasteiger partial charge in [-0.1, -0.05) is 18.2 Å². The van der Waals surface area contributed by atoms with Gasteiger partial charge in [0.15, 0.2) is 0 Å². The van der Waals surface area contributed by atoms with Gasteiger partial charge in [-0.25, -0.2) is 9.37 Å². The number of nitrogens with one attached hydrogen (secondary N) is 1. The van der Waals surface area contributed by atoms with Crippen molar-refractivity contribution in [3.05, 3.63) is 46.2 Å². The standard InChI is InChI=1S/C15H16FN3O2S/c1-3-21-13(20)7-12-9-22-15(18-12)19-17-8-11-6-4-5-10(2)14(11)16/h4-6,8-9H,3,7H2,1-2H3,(H,18,19). The molecular weight excluding hydrogens is 305 g/mol. The number of carbonyl (C=O) groups excluding carboxylic acids is 1. The van der Waals surface area contributed by atoms with Crippen LogP contribution >= 0.6 is 11.3 Å². The van der Waals surface area contributed by atoms with Crippen LogP contribution in [0.4, 0.5) is 9.52 Å². The molecule has 1 heterocycles. The van der Waals surface area contributed by atoms with Gasteiger partial charge in [-0.2, -0.15) is 5.10 Å². The number of hydrazone groups is 1. The number of rotatable bonds is 6. The smallest absolute Gasteiger partial charge is 0.311 e. The van der Waals surface area contributed by atoms with Crippen molar-refractivity contribution in [2.75, 3.05) is 12.0 Å². The fourth-order valence-electron chi connectivity index (χ4n) is 1.73. The van der Waals surface area contributed by atoms with E-state index in [4.69, 9.17) is 4.74 Å². The molecule has 0 amide bonds. The second-order valence-corrected chi connectivity index (χ2v) is 5.33. The molecule has 0 unspecified atom stereocenters. The molecular formula is C15H16FN3O2S. The lowest BCUT2D eigenvalue weighted by atomic mass is 10.1. The topological polar surface area (TPSA) is 63.6 Å². The third-order valence-electron chi connectivity index (χ3n) is 2.77. The van der Waals surface area contributed by atoms with E-state index in [0.717, 1.165) is 0 Å². The highest BCUT2D eigenvalue weighted by molar-refractivity contribution is 7.13. The van der Waals surface area contributed by atoms with Gasteiger partial charge in [-0.05, 0) is 19.4 Å². The van der Waals surface area contributed by atoms with Gasteiger partial charge < -0.3 is 4.74 Å². The lowest BCUT2D eigenvalue weighted by molar-refractivity contribution is -0.142. The van der Waals surface area contributed by atoms with Gasteiger partial charge in [0.05, 0.1) is 24.9 Å². The largest absolute Gasteiger partial charge is 0.466 e. The van der Waals surface area contributed by atoms with Crippen molar-refractivity contribution >= 4 is 28.7 Å². The summed E-state index contributed by atoms with van der Waals surface area (Å²) in [6.45, 7) is 3.80. The van der Waals surface area contributed by atoms with Crippen LogP contribution in [0.1, 0.15) is 23.7 Å². The summed E-state index contributed by atoms with van der Waals surface area (Å²) in [6.07, 6.45) is 1.52. The van der Waals surface area contributed by atoms with E-state index in [-0.39, 0.29) is 18.2 Å². The summed E-state index contributed by atoms with van der Waals surface area (Å²) in [5.41, 5.74) is 4.30. The molecule has 0 aliphatic carbocycles. The Labute approximate surface area is 131 Å². The fourth-order valence-corrected chi connectivity index (χ4v) is 2.39. The maximum atomic E-state index is 13.8. The van der Waals surface area contributed by atoms with Gasteiger partial charge in [-0.15, -0.1) is 11.3 Å². The van der Waals surface area contributed by atoms with Gasteiger partial charge in [0, 0.05) is 10.9 Å². The average Bonchev–Trinajstić information content (AvgIpc) is 2.91. The Morgan fingerprint density at radius 2 is 2.36 bits per heavy atom. The van der Waals surface area contributed by atoms with Crippen molar-refractivity contribution in [2.24, 2.45) is 5.10 Å². The van der Waals surface area contributed by atoms with Crippen molar-refractivity contribution in [3.8, 4) is 0 Å². The molecule has 1 aromatic heterocycles. The van der Waals surface area contributed by atoms with Crippen molar-refractivity contribution in [2.45, 2.75) is 20.3 Å². The van der Waals surface area contributed by atoms with Crippen LogP contribution in [0.2, 0.25) is 0 Å². The van der Waals surface area contributed by atoms with Crippen LogP contribution < -0.4 is 5.43 Å². The van der Waals surface area contributed by atoms with Gasteiger partial charge >= 0.3 is 5.97 Å². The summed E-state index contributed by atoms with van der Waals surface area (Å²) in [5.74, 6) is -0.611. The third-order valence-corrected chi connectivity index (χ3v) is 3.56. The quantitative estimate of drug-likeness (QED) is 0.504. The van der Waals surface area contributed by atoms with E-state index in [1.807, 2.05) is 0 Å². The van der Waals surface area contributed by atoms with Gasteiger partial charge in [-0.3, -0.25) is 10.2 Å². The van der Waals surface area contributed by atoms with E-state index in [9.17, 15) is 9.18 Å². The Morgan fingerprint density at radius 1 is 1.55 bits per heavy atom. The lowest BCUT2D eigenvalue weighted by Gasteiger charge is -1.99. The summed E-state index contributed by atoms with van der Waals surface area (Å²) >= 11 is 1.31. The first-order valence-electron chi connectivity index (χ1n) is 6.74. The molecule has 7 heteroatoms. The number of carbonyl (C=O) groups is 1. The molecule has 0 atom stereocenters. The minimum absolute atomic E-state index is 0.127. The summed E-state index contributed by atoms with van der Waals surface area (Å²) in [5, 5.41) is 6.24. The molecule has 116 valence electrons. The lowest BCUT2D eigenvalue weighted by Crippen LogP contribution is -2.07. The van der Waals surface area contributed by atoms with Crippen LogP contribution in [-0.4, -0.2) is 23.8 Å². The number of aryl methyl sites for hydroxylation is 1. The normalized spacial score (nSPS) is 10.9. The molecule has 1 aromatic carbocycles. The summed E-state index contributed by atoms with van der Waals surface area (Å²) < 4.78 is 18.6. The first kappa shape index (κ1) is 16.1. The molecule has 0 fully saturated rings. The van der Waals surface area contributed by atoms with Crippen LogP contribution in [0.5, 0.6) is 0 Å². The number of benzene rings is 1. The average molecular weight is 321 g/mol. The van der Waals surface area contributed by atoms with Crippen molar-refractivity contribution in [3.63, 3.8) is 0 Å². The molecule has 0 bridgehead atoms. The van der Waals surface area contributed by atoms with E-state index >= 15 is 0 Å². The zero-order chi connectivity index (χ0) is 15.9. The molecule has 0 spiro atoms. The Kier molecular flexibility index (Phi) is 5.60. The number of esters is 1. The third kappa shape index (κ3) is 4.36. The summed E-state index contributed by atoms with van der Waals surface area (Å²) in [4.78, 5) is 15.5. The van der Waals surface area contributed by atoms with Crippen molar-refractivity contribution < 1.29 is 13.9 Å². The van der Waals surface area contributed by atoms with Crippen LogP contribution in [0, 0.1) is 12.7 Å². The number of ether oxygens (including phenoxy) is 1. The molecule has 22 heavy (non-hydrogen) atoms. The minimum atomic E-state index is -0.315. The van der Waals surface area contributed by atoms with Crippen molar-refractivity contribution in [1.29, 1.82) is 0 Å².